The Hall–Kier alpha value is -0.740. The maximum atomic E-state index is 12.1. The molecular weight excluding hydrogens is 222 g/mol. The van der Waals surface area contributed by atoms with Crippen LogP contribution in [0.25, 0.3) is 0 Å². The molecule has 1 fully saturated rings. The molecule has 0 aliphatic heterocycles. The van der Waals surface area contributed by atoms with Gasteiger partial charge in [0.2, 0.25) is 0 Å². The highest BCUT2D eigenvalue weighted by Crippen LogP contribution is 2.37. The number of carbonyl (C=O) groups excluding carboxylic acids is 1. The average molecular weight is 239 g/mol. The maximum Gasteiger partial charge on any atom is 0.171 e. The largest absolute Gasteiger partial charge is 0.370 e. The third-order valence-corrected chi connectivity index (χ3v) is 4.52. The van der Waals surface area contributed by atoms with Crippen molar-refractivity contribution in [2.75, 3.05) is 7.11 Å². The average Bonchev–Trinajstić information content (AvgIpc) is 2.44. The molecule has 0 radical (unpaired) electrons. The summed E-state index contributed by atoms with van der Waals surface area (Å²) < 4.78 is 5.37. The zero-order valence-corrected chi connectivity index (χ0v) is 10.8. The Labute approximate surface area is 99.8 Å². The molecule has 0 saturated heterocycles. The monoisotopic (exact) mass is 239 g/mol. The van der Waals surface area contributed by atoms with Gasteiger partial charge in [0.05, 0.1) is 12.1 Å². The van der Waals surface area contributed by atoms with Crippen LogP contribution in [-0.4, -0.2) is 23.5 Å². The second-order valence-electron chi connectivity index (χ2n) is 4.40. The molecule has 4 heteroatoms. The van der Waals surface area contributed by atoms with Crippen molar-refractivity contribution >= 4 is 17.1 Å². The molecule has 0 bridgehead atoms. The van der Waals surface area contributed by atoms with E-state index >= 15 is 0 Å². The van der Waals surface area contributed by atoms with E-state index in [-0.39, 0.29) is 5.78 Å². The molecule has 16 heavy (non-hydrogen) atoms. The molecule has 0 spiro atoms. The Kier molecular flexibility index (Phi) is 3.13. The first-order valence-electron chi connectivity index (χ1n) is 5.59. The van der Waals surface area contributed by atoms with E-state index in [1.807, 2.05) is 13.8 Å². The fourth-order valence-corrected chi connectivity index (χ4v) is 2.94. The highest BCUT2D eigenvalue weighted by atomic mass is 32.1. The van der Waals surface area contributed by atoms with Crippen LogP contribution in [0.5, 0.6) is 0 Å². The molecule has 0 aromatic carbocycles. The minimum Gasteiger partial charge on any atom is -0.370 e. The lowest BCUT2D eigenvalue weighted by Crippen LogP contribution is -2.47. The van der Waals surface area contributed by atoms with Gasteiger partial charge in [-0.25, -0.2) is 4.98 Å². The molecule has 1 aromatic heterocycles. The summed E-state index contributed by atoms with van der Waals surface area (Å²) in [6.45, 7) is 4.02. The van der Waals surface area contributed by atoms with Gasteiger partial charge in [0, 0.05) is 12.0 Å². The normalized spacial score (nSPS) is 18.2. The van der Waals surface area contributed by atoms with Crippen molar-refractivity contribution in [1.29, 1.82) is 0 Å². The molecule has 2 rings (SSSR count). The topological polar surface area (TPSA) is 39.2 Å². The van der Waals surface area contributed by atoms with Gasteiger partial charge in [-0.15, -0.1) is 11.3 Å². The number of ether oxygens (including phenoxy) is 1. The fraction of sp³-hybridized carbons (Fsp3) is 0.667. The molecule has 1 aromatic rings. The van der Waals surface area contributed by atoms with E-state index in [2.05, 4.69) is 4.98 Å². The number of aromatic nitrogens is 1. The molecule has 1 saturated carbocycles. The first-order valence-corrected chi connectivity index (χ1v) is 6.40. The van der Waals surface area contributed by atoms with Crippen molar-refractivity contribution in [3.8, 4) is 0 Å². The number of methoxy groups -OCH3 is 1. The quantitative estimate of drug-likeness (QED) is 0.810. The smallest absolute Gasteiger partial charge is 0.171 e. The van der Waals surface area contributed by atoms with Crippen molar-refractivity contribution in [1.82, 2.24) is 4.98 Å². The van der Waals surface area contributed by atoms with E-state index < -0.39 is 5.60 Å². The highest BCUT2D eigenvalue weighted by molar-refractivity contribution is 7.11. The lowest BCUT2D eigenvalue weighted by atomic mass is 9.76. The summed E-state index contributed by atoms with van der Waals surface area (Å²) in [5.74, 6) is 0.190. The molecule has 1 aliphatic carbocycles. The molecule has 3 nitrogen and oxygen atoms in total. The summed E-state index contributed by atoms with van der Waals surface area (Å²) in [6, 6.07) is 0. The van der Waals surface area contributed by atoms with E-state index in [1.165, 1.54) is 4.88 Å². The van der Waals surface area contributed by atoms with Gasteiger partial charge in [-0.2, -0.15) is 0 Å². The third-order valence-electron chi connectivity index (χ3n) is 3.44. The Morgan fingerprint density at radius 1 is 1.50 bits per heavy atom. The number of hydrogen-bond acceptors (Lipinski definition) is 4. The van der Waals surface area contributed by atoms with E-state index in [4.69, 9.17) is 4.74 Å². The van der Waals surface area contributed by atoms with E-state index in [0.29, 0.717) is 6.42 Å². The van der Waals surface area contributed by atoms with Crippen molar-refractivity contribution < 1.29 is 9.53 Å². The van der Waals surface area contributed by atoms with Crippen LogP contribution in [0.4, 0.5) is 0 Å². The summed E-state index contributed by atoms with van der Waals surface area (Å²) in [5.41, 5.74) is 0.542. The lowest BCUT2D eigenvalue weighted by Gasteiger charge is -2.38. The summed E-state index contributed by atoms with van der Waals surface area (Å²) >= 11 is 1.62. The van der Waals surface area contributed by atoms with Gasteiger partial charge < -0.3 is 4.74 Å². The van der Waals surface area contributed by atoms with Crippen LogP contribution >= 0.6 is 11.3 Å². The van der Waals surface area contributed by atoms with Crippen LogP contribution in [0, 0.1) is 13.8 Å². The maximum absolute atomic E-state index is 12.1. The van der Waals surface area contributed by atoms with Crippen LogP contribution in [0.3, 0.4) is 0 Å². The van der Waals surface area contributed by atoms with Gasteiger partial charge in [-0.1, -0.05) is 0 Å². The molecule has 0 N–H and O–H groups in total. The van der Waals surface area contributed by atoms with Crippen molar-refractivity contribution in [2.45, 2.75) is 45.1 Å². The summed E-state index contributed by atoms with van der Waals surface area (Å²) in [7, 11) is 1.63. The van der Waals surface area contributed by atoms with Gasteiger partial charge in [-0.05, 0) is 33.1 Å². The summed E-state index contributed by atoms with van der Waals surface area (Å²) in [5, 5.41) is 0.920. The van der Waals surface area contributed by atoms with Gasteiger partial charge in [0.25, 0.3) is 0 Å². The van der Waals surface area contributed by atoms with Crippen molar-refractivity contribution in [3.63, 3.8) is 0 Å². The number of aryl methyl sites for hydroxylation is 2. The van der Waals surface area contributed by atoms with Gasteiger partial charge in [-0.3, -0.25) is 4.79 Å². The first-order chi connectivity index (χ1) is 7.57. The standard InChI is InChI=1S/C12H17NO2S/c1-8-9(2)16-11(13-8)7-10(14)12(15-3)5-4-6-12/h4-7H2,1-3H3. The zero-order chi connectivity index (χ0) is 11.8. The Bertz CT molecular complexity index is 382. The number of nitrogens with zero attached hydrogens (tertiary/aromatic N) is 1. The first kappa shape index (κ1) is 11.7. The minimum atomic E-state index is -0.493. The van der Waals surface area contributed by atoms with E-state index in [1.54, 1.807) is 18.4 Å². The van der Waals surface area contributed by atoms with Crippen LogP contribution in [0.15, 0.2) is 0 Å². The number of ketones is 1. The number of thiazole rings is 1. The molecule has 0 amide bonds. The highest BCUT2D eigenvalue weighted by Gasteiger charge is 2.43. The molecule has 0 atom stereocenters. The number of carbonyl (C=O) groups is 1. The second-order valence-corrected chi connectivity index (χ2v) is 5.69. The number of rotatable bonds is 4. The fourth-order valence-electron chi connectivity index (χ4n) is 2.01. The Morgan fingerprint density at radius 3 is 2.56 bits per heavy atom. The summed E-state index contributed by atoms with van der Waals surface area (Å²) in [6.07, 6.45) is 3.25. The van der Waals surface area contributed by atoms with Gasteiger partial charge in [0.15, 0.2) is 5.78 Å². The molecule has 0 unspecified atom stereocenters. The van der Waals surface area contributed by atoms with Gasteiger partial charge >= 0.3 is 0 Å². The minimum absolute atomic E-state index is 0.190. The molecule has 1 aliphatic rings. The molecular formula is C12H17NO2S. The van der Waals surface area contributed by atoms with E-state index in [0.717, 1.165) is 30.0 Å². The molecule has 1 heterocycles. The lowest BCUT2D eigenvalue weighted by molar-refractivity contribution is -0.151. The third kappa shape index (κ3) is 1.92. The summed E-state index contributed by atoms with van der Waals surface area (Å²) in [4.78, 5) is 17.7. The van der Waals surface area contributed by atoms with Crippen molar-refractivity contribution in [2.24, 2.45) is 0 Å². The Morgan fingerprint density at radius 2 is 2.19 bits per heavy atom. The van der Waals surface area contributed by atoms with Crippen LogP contribution in [0.2, 0.25) is 0 Å². The SMILES string of the molecule is COC1(C(=O)Cc2nc(C)c(C)s2)CCC1. The Balaban J connectivity index is 2.07. The molecule has 88 valence electrons. The number of Topliss-reactive ketones (excluding diaryl/α,β-unsaturated/α-hetero) is 1. The van der Waals surface area contributed by atoms with Crippen LogP contribution < -0.4 is 0 Å². The number of hydrogen-bond donors (Lipinski definition) is 0. The van der Waals surface area contributed by atoms with Crippen LogP contribution in [-0.2, 0) is 16.0 Å². The zero-order valence-electron chi connectivity index (χ0n) is 10.0. The van der Waals surface area contributed by atoms with Crippen molar-refractivity contribution in [3.05, 3.63) is 15.6 Å². The predicted molar refractivity (Wildman–Crippen MR) is 63.9 cm³/mol. The van der Waals surface area contributed by atoms with Gasteiger partial charge in [0.1, 0.15) is 10.6 Å². The predicted octanol–water partition coefficient (Wildman–Crippen LogP) is 2.44. The second kappa shape index (κ2) is 4.26. The van der Waals surface area contributed by atoms with Crippen LogP contribution in [0.1, 0.15) is 34.8 Å². The van der Waals surface area contributed by atoms with E-state index in [9.17, 15) is 4.79 Å².